The summed E-state index contributed by atoms with van der Waals surface area (Å²) < 4.78 is 0. The molecule has 2 N–H and O–H groups in total. The molecule has 0 spiro atoms. The molecule has 3 aromatic rings. The van der Waals surface area contributed by atoms with Crippen molar-refractivity contribution in [1.82, 2.24) is 9.88 Å². The van der Waals surface area contributed by atoms with Gasteiger partial charge in [0.25, 0.3) is 5.91 Å². The van der Waals surface area contributed by atoms with Crippen molar-refractivity contribution in [2.45, 2.75) is 64.8 Å². The second kappa shape index (κ2) is 8.51. The van der Waals surface area contributed by atoms with Crippen molar-refractivity contribution in [1.29, 1.82) is 0 Å². The van der Waals surface area contributed by atoms with E-state index in [1.165, 1.54) is 24.0 Å². The molecule has 0 aliphatic carbocycles. The maximum atomic E-state index is 12.8. The smallest absolute Gasteiger partial charge is 0.272 e. The summed E-state index contributed by atoms with van der Waals surface area (Å²) in [6.45, 7) is 13.4. The van der Waals surface area contributed by atoms with Gasteiger partial charge in [0.2, 0.25) is 0 Å². The van der Waals surface area contributed by atoms with E-state index in [1.54, 1.807) is 0 Å². The number of rotatable bonds is 4. The Morgan fingerprint density at radius 1 is 1.03 bits per heavy atom. The number of likely N-dealkylation sites (tertiary alicyclic amines) is 1. The lowest BCUT2D eigenvalue weighted by atomic mass is 9.87. The zero-order valence-electron chi connectivity index (χ0n) is 19.5. The molecule has 1 saturated heterocycles. The van der Waals surface area contributed by atoms with Gasteiger partial charge in [-0.1, -0.05) is 39.0 Å². The number of anilines is 1. The molecule has 1 fully saturated rings. The van der Waals surface area contributed by atoms with Crippen LogP contribution in [0.25, 0.3) is 10.9 Å². The van der Waals surface area contributed by atoms with Crippen LogP contribution in [-0.4, -0.2) is 34.9 Å². The number of hydrogen-bond donors (Lipinski definition) is 2. The average molecular weight is 418 g/mol. The third-order valence-electron chi connectivity index (χ3n) is 6.63. The van der Waals surface area contributed by atoms with Crippen LogP contribution in [0.4, 0.5) is 5.69 Å². The number of amides is 1. The lowest BCUT2D eigenvalue weighted by molar-refractivity contribution is 0.102. The molecular weight excluding hydrogens is 382 g/mol. The molecule has 0 radical (unpaired) electrons. The Morgan fingerprint density at radius 3 is 2.32 bits per heavy atom. The van der Waals surface area contributed by atoms with Crippen LogP contribution in [0.3, 0.4) is 0 Å². The Morgan fingerprint density at radius 2 is 1.71 bits per heavy atom. The predicted octanol–water partition coefficient (Wildman–Crippen LogP) is 6.31. The van der Waals surface area contributed by atoms with Gasteiger partial charge in [-0.15, -0.1) is 0 Å². The summed E-state index contributed by atoms with van der Waals surface area (Å²) in [6.07, 6.45) is 2.40. The fraction of sp³-hybridized carbons (Fsp3) is 0.444. The van der Waals surface area contributed by atoms with Gasteiger partial charge < -0.3 is 15.2 Å². The van der Waals surface area contributed by atoms with Gasteiger partial charge in [0.1, 0.15) is 5.69 Å². The van der Waals surface area contributed by atoms with Crippen molar-refractivity contribution in [3.8, 4) is 0 Å². The number of carbonyl (C=O) groups is 1. The van der Waals surface area contributed by atoms with E-state index in [0.29, 0.717) is 17.7 Å². The van der Waals surface area contributed by atoms with Crippen LogP contribution in [0.1, 0.15) is 75.0 Å². The first-order valence-electron chi connectivity index (χ1n) is 11.5. The molecule has 0 bridgehead atoms. The van der Waals surface area contributed by atoms with Crippen LogP contribution in [-0.2, 0) is 5.41 Å². The predicted molar refractivity (Wildman–Crippen MR) is 130 cm³/mol. The molecular formula is C27H35N3O. The first-order valence-corrected chi connectivity index (χ1v) is 11.5. The van der Waals surface area contributed by atoms with Crippen LogP contribution < -0.4 is 5.32 Å². The number of aromatic nitrogens is 1. The Hall–Kier alpha value is -2.59. The summed E-state index contributed by atoms with van der Waals surface area (Å²) in [7, 11) is 0. The van der Waals surface area contributed by atoms with Crippen molar-refractivity contribution >= 4 is 22.5 Å². The highest BCUT2D eigenvalue weighted by molar-refractivity contribution is 6.06. The van der Waals surface area contributed by atoms with Crippen LogP contribution >= 0.6 is 0 Å². The quantitative estimate of drug-likeness (QED) is 0.523. The van der Waals surface area contributed by atoms with Gasteiger partial charge >= 0.3 is 0 Å². The summed E-state index contributed by atoms with van der Waals surface area (Å²) in [5, 5.41) is 4.12. The van der Waals surface area contributed by atoms with E-state index in [-0.39, 0.29) is 11.3 Å². The number of hydrogen-bond acceptors (Lipinski definition) is 2. The molecule has 1 aliphatic rings. The van der Waals surface area contributed by atoms with Gasteiger partial charge in [-0.3, -0.25) is 4.79 Å². The van der Waals surface area contributed by atoms with Gasteiger partial charge in [0.05, 0.1) is 0 Å². The van der Waals surface area contributed by atoms with Crippen molar-refractivity contribution in [2.24, 2.45) is 0 Å². The van der Waals surface area contributed by atoms with Crippen LogP contribution in [0.5, 0.6) is 0 Å². The fourth-order valence-electron chi connectivity index (χ4n) is 4.53. The molecule has 1 aliphatic heterocycles. The first-order chi connectivity index (χ1) is 14.7. The Balaban J connectivity index is 1.46. The maximum Gasteiger partial charge on any atom is 0.272 e. The number of nitrogens with zero attached hydrogens (tertiary/aromatic N) is 1. The van der Waals surface area contributed by atoms with Gasteiger partial charge in [0, 0.05) is 22.6 Å². The lowest BCUT2D eigenvalue weighted by Crippen LogP contribution is -2.37. The van der Waals surface area contributed by atoms with Crippen molar-refractivity contribution in [3.63, 3.8) is 0 Å². The third kappa shape index (κ3) is 4.85. The summed E-state index contributed by atoms with van der Waals surface area (Å²) in [6, 6.07) is 17.3. The van der Waals surface area contributed by atoms with Gasteiger partial charge in [-0.2, -0.15) is 0 Å². The summed E-state index contributed by atoms with van der Waals surface area (Å²) in [5.74, 6) is 0.499. The Labute approximate surface area is 186 Å². The van der Waals surface area contributed by atoms with Crippen LogP contribution in [0, 0.1) is 0 Å². The fourth-order valence-corrected chi connectivity index (χ4v) is 4.53. The van der Waals surface area contributed by atoms with E-state index in [0.717, 1.165) is 29.7 Å². The number of fused-ring (bicyclic) bond motifs is 1. The minimum atomic E-state index is -0.105. The number of H-pyrrole nitrogens is 1. The molecule has 4 heteroatoms. The van der Waals surface area contributed by atoms with E-state index in [2.05, 4.69) is 80.2 Å². The van der Waals surface area contributed by atoms with E-state index >= 15 is 0 Å². The van der Waals surface area contributed by atoms with Gasteiger partial charge in [-0.05, 0) is 92.6 Å². The summed E-state index contributed by atoms with van der Waals surface area (Å²) in [5.41, 5.74) is 5.16. The number of nitrogens with one attached hydrogen (secondary N) is 2. The summed E-state index contributed by atoms with van der Waals surface area (Å²) >= 11 is 0. The minimum absolute atomic E-state index is 0.100. The topological polar surface area (TPSA) is 48.1 Å². The van der Waals surface area contributed by atoms with Crippen molar-refractivity contribution < 1.29 is 4.79 Å². The Bertz CT molecular complexity index is 1050. The molecule has 2 aromatic carbocycles. The second-order valence-corrected chi connectivity index (χ2v) is 10.2. The average Bonchev–Trinajstić information content (AvgIpc) is 3.17. The standard InChI is InChI=1S/C27H35N3O/c1-18(2)30-14-12-19(13-15-30)20-6-11-24-21(16-20)17-25(29-24)26(31)28-23-9-7-22(8-10-23)27(3,4)5/h6-11,16-19,29H,12-15H2,1-5H3,(H,28,31). The van der Waals surface area contributed by atoms with Crippen molar-refractivity contribution in [3.05, 3.63) is 65.4 Å². The molecule has 0 atom stereocenters. The molecule has 4 nitrogen and oxygen atoms in total. The highest BCUT2D eigenvalue weighted by Gasteiger charge is 2.22. The molecule has 4 rings (SSSR count). The minimum Gasteiger partial charge on any atom is -0.351 e. The SMILES string of the molecule is CC(C)N1CCC(c2ccc3[nH]c(C(=O)Nc4ccc(C(C)(C)C)cc4)cc3c2)CC1. The van der Waals surface area contributed by atoms with Crippen LogP contribution in [0.2, 0.25) is 0 Å². The molecule has 31 heavy (non-hydrogen) atoms. The van der Waals surface area contributed by atoms with E-state index in [1.807, 2.05) is 18.2 Å². The zero-order valence-corrected chi connectivity index (χ0v) is 19.5. The van der Waals surface area contributed by atoms with E-state index in [9.17, 15) is 4.79 Å². The number of carbonyl (C=O) groups excluding carboxylic acids is 1. The molecule has 164 valence electrons. The summed E-state index contributed by atoms with van der Waals surface area (Å²) in [4.78, 5) is 18.6. The highest BCUT2D eigenvalue weighted by Crippen LogP contribution is 2.31. The monoisotopic (exact) mass is 417 g/mol. The zero-order chi connectivity index (χ0) is 22.2. The highest BCUT2D eigenvalue weighted by atomic mass is 16.1. The molecule has 1 amide bonds. The second-order valence-electron chi connectivity index (χ2n) is 10.2. The molecule has 0 saturated carbocycles. The molecule has 1 aromatic heterocycles. The van der Waals surface area contributed by atoms with Gasteiger partial charge in [0.15, 0.2) is 0 Å². The number of aromatic amines is 1. The maximum absolute atomic E-state index is 12.8. The number of benzene rings is 2. The normalized spacial score (nSPS) is 16.2. The molecule has 0 unspecified atom stereocenters. The lowest BCUT2D eigenvalue weighted by Gasteiger charge is -2.34. The van der Waals surface area contributed by atoms with Crippen LogP contribution in [0.15, 0.2) is 48.5 Å². The largest absolute Gasteiger partial charge is 0.351 e. The van der Waals surface area contributed by atoms with Gasteiger partial charge in [-0.25, -0.2) is 0 Å². The van der Waals surface area contributed by atoms with E-state index < -0.39 is 0 Å². The Kier molecular flexibility index (Phi) is 5.94. The molecule has 2 heterocycles. The first kappa shape index (κ1) is 21.6. The third-order valence-corrected chi connectivity index (χ3v) is 6.63. The van der Waals surface area contributed by atoms with E-state index in [4.69, 9.17) is 0 Å². The number of piperidine rings is 1. The van der Waals surface area contributed by atoms with Crippen molar-refractivity contribution in [2.75, 3.05) is 18.4 Å².